The molecule has 0 N–H and O–H groups in total. The third-order valence-corrected chi connectivity index (χ3v) is 36.8. The van der Waals surface area contributed by atoms with Crippen molar-refractivity contribution in [1.29, 1.82) is 0 Å². The van der Waals surface area contributed by atoms with Crippen molar-refractivity contribution in [2.45, 2.75) is 150 Å². The fourth-order valence-corrected chi connectivity index (χ4v) is 36.5. The molecule has 29 heavy (non-hydrogen) atoms. The molecule has 0 heterocycles. The second kappa shape index (κ2) is 20.0. The number of allylic oxidation sites excluding steroid dienone is 1. The van der Waals surface area contributed by atoms with Gasteiger partial charge in [-0.1, -0.05) is 0 Å². The molecular weight excluding hydrogens is 562 g/mol. The summed E-state index contributed by atoms with van der Waals surface area (Å²) in [6, 6.07) is 0. The Morgan fingerprint density at radius 3 is 1.07 bits per heavy atom. The molecule has 0 aromatic rings. The van der Waals surface area contributed by atoms with Crippen molar-refractivity contribution in [3.05, 3.63) is 10.2 Å². The molecule has 0 nitrogen and oxygen atoms in total. The van der Waals surface area contributed by atoms with Crippen LogP contribution >= 0.6 is 0 Å². The van der Waals surface area contributed by atoms with Gasteiger partial charge in [-0.15, -0.1) is 0 Å². The van der Waals surface area contributed by atoms with E-state index in [1.54, 1.807) is 31.1 Å². The van der Waals surface area contributed by atoms with Gasteiger partial charge in [0.1, 0.15) is 0 Å². The summed E-state index contributed by atoms with van der Waals surface area (Å²) in [5.41, 5.74) is 0. The normalized spacial score (nSPS) is 12.9. The molecule has 0 saturated carbocycles. The molecular formula is C27H58Sn2. The predicted molar refractivity (Wildman–Crippen MR) is 144 cm³/mol. The first-order chi connectivity index (χ1) is 14.1. The van der Waals surface area contributed by atoms with Gasteiger partial charge >= 0.3 is 197 Å². The van der Waals surface area contributed by atoms with Crippen molar-refractivity contribution in [2.24, 2.45) is 0 Å². The van der Waals surface area contributed by atoms with Crippen molar-refractivity contribution >= 4 is 36.8 Å². The van der Waals surface area contributed by atoms with Crippen LogP contribution in [0.15, 0.2) is 10.2 Å². The molecule has 0 radical (unpaired) electrons. The number of hydrogen-bond acceptors (Lipinski definition) is 0. The fraction of sp³-hybridized carbons (Fsp3) is 0.926. The van der Waals surface area contributed by atoms with E-state index in [1.165, 1.54) is 77.0 Å². The molecule has 0 aromatic heterocycles. The third-order valence-electron chi connectivity index (χ3n) is 7.29. The molecule has 0 aromatic carbocycles. The van der Waals surface area contributed by atoms with Gasteiger partial charge in [0, 0.05) is 0 Å². The van der Waals surface area contributed by atoms with E-state index in [2.05, 4.69) is 51.7 Å². The Balaban J connectivity index is 5.48. The van der Waals surface area contributed by atoms with Gasteiger partial charge in [0.05, 0.1) is 0 Å². The zero-order valence-electron chi connectivity index (χ0n) is 21.6. The van der Waals surface area contributed by atoms with E-state index in [1.807, 2.05) is 0 Å². The molecule has 0 spiro atoms. The van der Waals surface area contributed by atoms with Crippen LogP contribution in [0.25, 0.3) is 0 Å². The Bertz CT molecular complexity index is 331. The van der Waals surface area contributed by atoms with Crippen molar-refractivity contribution in [2.75, 3.05) is 0 Å². The minimum atomic E-state index is -2.08. The minimum absolute atomic E-state index is 1.40. The van der Waals surface area contributed by atoms with Crippen molar-refractivity contribution < 1.29 is 0 Å². The molecule has 0 aliphatic carbocycles. The first-order valence-corrected chi connectivity index (χ1v) is 29.5. The number of hydrogen-bond donors (Lipinski definition) is 0. The summed E-state index contributed by atoms with van der Waals surface area (Å²) in [4.78, 5) is 0. The van der Waals surface area contributed by atoms with E-state index < -0.39 is 36.8 Å². The van der Waals surface area contributed by atoms with Crippen LogP contribution < -0.4 is 0 Å². The molecule has 0 rings (SSSR count). The van der Waals surface area contributed by atoms with E-state index in [-0.39, 0.29) is 0 Å². The third kappa shape index (κ3) is 14.2. The van der Waals surface area contributed by atoms with Crippen LogP contribution in [0.2, 0.25) is 31.1 Å². The van der Waals surface area contributed by atoms with E-state index in [0.717, 1.165) is 0 Å². The van der Waals surface area contributed by atoms with Crippen molar-refractivity contribution in [3.8, 4) is 0 Å². The van der Waals surface area contributed by atoms with E-state index in [9.17, 15) is 0 Å². The van der Waals surface area contributed by atoms with Gasteiger partial charge in [-0.3, -0.25) is 0 Å². The Morgan fingerprint density at radius 2 is 0.759 bits per heavy atom. The Hall–Kier alpha value is 1.34. The molecule has 0 atom stereocenters. The van der Waals surface area contributed by atoms with Crippen molar-refractivity contribution in [1.82, 2.24) is 0 Å². The summed E-state index contributed by atoms with van der Waals surface area (Å²) < 4.78 is 14.6. The molecule has 0 saturated heterocycles. The fourth-order valence-electron chi connectivity index (χ4n) is 5.11. The van der Waals surface area contributed by atoms with E-state index in [4.69, 9.17) is 0 Å². The van der Waals surface area contributed by atoms with E-state index >= 15 is 0 Å². The molecule has 0 aliphatic rings. The molecule has 174 valence electrons. The molecule has 0 bridgehead atoms. The topological polar surface area (TPSA) is 0 Å². The molecule has 2 heteroatoms. The maximum atomic E-state index is 3.01. The SMILES string of the molecule is CCC[CH2][Sn](/[CH]=C/[CH2][Sn]([CH2]CCC)([CH2]CCC)[CH2]CCC)([CH2]CCC)[CH2]CCC. The van der Waals surface area contributed by atoms with Crippen LogP contribution in [0, 0.1) is 0 Å². The van der Waals surface area contributed by atoms with Gasteiger partial charge in [0.2, 0.25) is 0 Å². The zero-order valence-corrected chi connectivity index (χ0v) is 27.3. The summed E-state index contributed by atoms with van der Waals surface area (Å²) in [6.45, 7) is 14.4. The summed E-state index contributed by atoms with van der Waals surface area (Å²) in [6.07, 6.45) is 20.4. The average Bonchev–Trinajstić information content (AvgIpc) is 2.75. The zero-order chi connectivity index (χ0) is 21.8. The summed E-state index contributed by atoms with van der Waals surface area (Å²) >= 11 is -4.06. The van der Waals surface area contributed by atoms with Gasteiger partial charge in [0.25, 0.3) is 0 Å². The molecule has 0 fully saturated rings. The Morgan fingerprint density at radius 1 is 0.448 bits per heavy atom. The van der Waals surface area contributed by atoms with Crippen molar-refractivity contribution in [3.63, 3.8) is 0 Å². The average molecular weight is 620 g/mol. The standard InChI is InChI=1S/6C4H9.C3H4.2Sn/c6*1-3-4-2;1-3-2;;/h6*1,3-4H2,2H3;1,3H,2H2;;. The van der Waals surface area contributed by atoms with Gasteiger partial charge in [-0.25, -0.2) is 0 Å². The number of rotatable bonds is 21. The van der Waals surface area contributed by atoms with Gasteiger partial charge in [-0.2, -0.15) is 0 Å². The maximum absolute atomic E-state index is 3.01. The molecule has 0 unspecified atom stereocenters. The summed E-state index contributed by atoms with van der Waals surface area (Å²) in [7, 11) is 0. The summed E-state index contributed by atoms with van der Waals surface area (Å²) in [5.74, 6) is 0. The van der Waals surface area contributed by atoms with Crippen LogP contribution in [0.5, 0.6) is 0 Å². The van der Waals surface area contributed by atoms with Crippen LogP contribution in [-0.2, 0) is 0 Å². The van der Waals surface area contributed by atoms with Crippen LogP contribution in [0.1, 0.15) is 119 Å². The van der Waals surface area contributed by atoms with Crippen LogP contribution in [-0.4, -0.2) is 36.8 Å². The molecule has 0 aliphatic heterocycles. The van der Waals surface area contributed by atoms with Crippen LogP contribution in [0.3, 0.4) is 0 Å². The number of unbranched alkanes of at least 4 members (excludes halogenated alkanes) is 6. The Kier molecular flexibility index (Phi) is 20.9. The van der Waals surface area contributed by atoms with Gasteiger partial charge < -0.3 is 0 Å². The second-order valence-electron chi connectivity index (χ2n) is 10.1. The quantitative estimate of drug-likeness (QED) is 0.112. The van der Waals surface area contributed by atoms with Gasteiger partial charge in [0.15, 0.2) is 0 Å². The molecule has 0 amide bonds. The Labute approximate surface area is 195 Å². The summed E-state index contributed by atoms with van der Waals surface area (Å²) in [5, 5.41) is 0. The van der Waals surface area contributed by atoms with Crippen LogP contribution in [0.4, 0.5) is 0 Å². The first kappa shape index (κ1) is 30.3. The first-order valence-electron chi connectivity index (χ1n) is 13.7. The van der Waals surface area contributed by atoms with E-state index in [0.29, 0.717) is 0 Å². The van der Waals surface area contributed by atoms with Gasteiger partial charge in [-0.05, 0) is 0 Å². The second-order valence-corrected chi connectivity index (χ2v) is 37.1. The predicted octanol–water partition coefficient (Wildman–Crippen LogP) is 10.8. The monoisotopic (exact) mass is 622 g/mol.